The molecule has 168 valence electrons. The van der Waals surface area contributed by atoms with Crippen LogP contribution in [0.2, 0.25) is 0 Å². The van der Waals surface area contributed by atoms with Gasteiger partial charge in [-0.05, 0) is 85.0 Å². The van der Waals surface area contributed by atoms with E-state index in [0.717, 1.165) is 44.9 Å². The summed E-state index contributed by atoms with van der Waals surface area (Å²) in [6.45, 7) is 10.8. The molecule has 0 radical (unpaired) electrons. The quantitative estimate of drug-likeness (QED) is 0.380. The summed E-state index contributed by atoms with van der Waals surface area (Å²) < 4.78 is 6.81. The van der Waals surface area contributed by atoms with Crippen molar-refractivity contribution in [2.24, 2.45) is 17.8 Å². The molecule has 0 spiro atoms. The molecule has 6 heteroatoms. The van der Waals surface area contributed by atoms with E-state index in [1.807, 2.05) is 17.6 Å². The van der Waals surface area contributed by atoms with Crippen LogP contribution in [-0.2, 0) is 9.53 Å². The number of aliphatic hydroxyl groups is 1. The Labute approximate surface area is 176 Å². The SMILES string of the molecule is [CH2-][NH2+]C1C2C(CCC1(C)O)C(C)(NC=O)CCC2C1(C)CCC(C(C)(C)[NH2+][CH2-])O1. The monoisotopic (exact) mass is 409 g/mol. The predicted octanol–water partition coefficient (Wildman–Crippen LogP) is 0.473. The number of fused-ring (bicyclic) bond motifs is 1. The Morgan fingerprint density at radius 3 is 2.34 bits per heavy atom. The summed E-state index contributed by atoms with van der Waals surface area (Å²) in [6.07, 6.45) is 6.63. The number of nitrogens with two attached hydrogens (primary N) is 2. The number of rotatable bonds is 6. The minimum atomic E-state index is -0.769. The maximum atomic E-state index is 11.4. The predicted molar refractivity (Wildman–Crippen MR) is 112 cm³/mol. The van der Waals surface area contributed by atoms with E-state index >= 15 is 0 Å². The second-order valence-electron chi connectivity index (χ2n) is 11.1. The number of nitrogens with one attached hydrogen (secondary N) is 1. The molecule has 0 bridgehead atoms. The van der Waals surface area contributed by atoms with Gasteiger partial charge in [0.15, 0.2) is 0 Å². The Kier molecular flexibility index (Phi) is 6.16. The molecule has 1 aliphatic heterocycles. The zero-order chi connectivity index (χ0) is 21.7. The summed E-state index contributed by atoms with van der Waals surface area (Å²) in [4.78, 5) is 11.4. The van der Waals surface area contributed by atoms with Crippen molar-refractivity contribution in [3.63, 3.8) is 0 Å². The van der Waals surface area contributed by atoms with Crippen molar-refractivity contribution in [2.45, 2.75) is 108 Å². The van der Waals surface area contributed by atoms with Gasteiger partial charge in [0.05, 0.1) is 17.2 Å². The number of carbonyl (C=O) groups is 1. The van der Waals surface area contributed by atoms with Crippen molar-refractivity contribution in [2.75, 3.05) is 0 Å². The molecular weight excluding hydrogens is 366 g/mol. The lowest BCUT2D eigenvalue weighted by molar-refractivity contribution is -0.678. The molecule has 8 unspecified atom stereocenters. The largest absolute Gasteiger partial charge is 0.474 e. The van der Waals surface area contributed by atoms with E-state index in [2.05, 4.69) is 47.1 Å². The molecule has 3 aliphatic rings. The number of amides is 1. The molecule has 0 aromatic carbocycles. The zero-order valence-corrected chi connectivity index (χ0v) is 19.0. The second-order valence-corrected chi connectivity index (χ2v) is 11.1. The molecule has 1 amide bonds. The summed E-state index contributed by atoms with van der Waals surface area (Å²) >= 11 is 0. The van der Waals surface area contributed by atoms with Crippen molar-refractivity contribution in [1.29, 1.82) is 0 Å². The van der Waals surface area contributed by atoms with Gasteiger partial charge < -0.3 is 25.8 Å². The normalized spacial score (nSPS) is 48.2. The first-order valence-corrected chi connectivity index (χ1v) is 11.3. The van der Waals surface area contributed by atoms with Crippen LogP contribution in [-0.4, -0.2) is 45.9 Å². The summed E-state index contributed by atoms with van der Waals surface area (Å²) in [5.41, 5.74) is -1.30. The molecule has 3 fully saturated rings. The maximum Gasteiger partial charge on any atom is 0.207 e. The molecule has 1 saturated heterocycles. The number of quaternary nitrogens is 2. The third-order valence-electron chi connectivity index (χ3n) is 8.91. The summed E-state index contributed by atoms with van der Waals surface area (Å²) in [5, 5.41) is 18.3. The van der Waals surface area contributed by atoms with Crippen LogP contribution in [0, 0.1) is 31.8 Å². The van der Waals surface area contributed by atoms with E-state index in [0.29, 0.717) is 11.8 Å². The number of ether oxygens (including phenoxy) is 1. The third-order valence-corrected chi connectivity index (χ3v) is 8.91. The lowest BCUT2D eigenvalue weighted by atomic mass is 9.51. The van der Waals surface area contributed by atoms with Crippen molar-refractivity contribution in [3.05, 3.63) is 14.1 Å². The van der Waals surface area contributed by atoms with Gasteiger partial charge in [0.1, 0.15) is 11.7 Å². The van der Waals surface area contributed by atoms with Gasteiger partial charge in [-0.2, -0.15) is 14.1 Å². The number of carbonyl (C=O) groups excluding carboxylic acids is 1. The highest BCUT2D eigenvalue weighted by atomic mass is 16.5. The third kappa shape index (κ3) is 3.86. The Morgan fingerprint density at radius 2 is 1.76 bits per heavy atom. The number of hydrogen-bond acceptors (Lipinski definition) is 3. The van der Waals surface area contributed by atoms with E-state index in [-0.39, 0.29) is 34.7 Å². The van der Waals surface area contributed by atoms with Gasteiger partial charge in [0.2, 0.25) is 6.41 Å². The van der Waals surface area contributed by atoms with E-state index in [9.17, 15) is 9.90 Å². The highest BCUT2D eigenvalue weighted by Crippen LogP contribution is 2.56. The smallest absolute Gasteiger partial charge is 0.207 e. The lowest BCUT2D eigenvalue weighted by Crippen LogP contribution is -2.93. The first-order chi connectivity index (χ1) is 13.4. The van der Waals surface area contributed by atoms with Crippen molar-refractivity contribution in [1.82, 2.24) is 5.32 Å². The number of hydrogen-bond donors (Lipinski definition) is 4. The van der Waals surface area contributed by atoms with Crippen molar-refractivity contribution < 1.29 is 25.3 Å². The van der Waals surface area contributed by atoms with Gasteiger partial charge in [0.25, 0.3) is 0 Å². The van der Waals surface area contributed by atoms with Crippen LogP contribution in [0.5, 0.6) is 0 Å². The van der Waals surface area contributed by atoms with Crippen LogP contribution >= 0.6 is 0 Å². The minimum Gasteiger partial charge on any atom is -0.474 e. The molecule has 1 heterocycles. The fourth-order valence-electron chi connectivity index (χ4n) is 6.80. The molecule has 0 aromatic heterocycles. The van der Waals surface area contributed by atoms with E-state index < -0.39 is 5.60 Å². The Bertz CT molecular complexity index is 610. The van der Waals surface area contributed by atoms with Gasteiger partial charge in [0, 0.05) is 11.5 Å². The lowest BCUT2D eigenvalue weighted by Gasteiger charge is -2.59. The zero-order valence-electron chi connectivity index (χ0n) is 19.0. The Balaban J connectivity index is 1.95. The standard InChI is InChI=1S/C23H43N3O3/c1-20(2,25-7)17-10-13-23(5,29-17)16-8-11-21(3,26-14-27)15-9-12-22(4,28)19(24-6)18(15)16/h14-19,28H,6-13,24-25H2,1-5H3,(H,26,27). The first kappa shape index (κ1) is 23.0. The Hall–Kier alpha value is -0.690. The molecule has 6 nitrogen and oxygen atoms in total. The highest BCUT2D eigenvalue weighted by molar-refractivity contribution is 5.48. The van der Waals surface area contributed by atoms with Gasteiger partial charge in [-0.15, -0.1) is 0 Å². The fourth-order valence-corrected chi connectivity index (χ4v) is 6.80. The first-order valence-electron chi connectivity index (χ1n) is 11.3. The average Bonchev–Trinajstić information content (AvgIpc) is 3.05. The maximum absolute atomic E-state index is 11.4. The van der Waals surface area contributed by atoms with Crippen LogP contribution in [0.1, 0.15) is 73.1 Å². The van der Waals surface area contributed by atoms with Gasteiger partial charge in [-0.3, -0.25) is 4.79 Å². The van der Waals surface area contributed by atoms with Crippen molar-refractivity contribution in [3.8, 4) is 0 Å². The van der Waals surface area contributed by atoms with Gasteiger partial charge in [-0.1, -0.05) is 0 Å². The summed E-state index contributed by atoms with van der Waals surface area (Å²) in [5.74, 6) is 0.869. The topological polar surface area (TPSA) is 91.8 Å². The second kappa shape index (κ2) is 7.77. The molecule has 29 heavy (non-hydrogen) atoms. The van der Waals surface area contributed by atoms with Gasteiger partial charge >= 0.3 is 0 Å². The van der Waals surface area contributed by atoms with Crippen LogP contribution in [0.15, 0.2) is 0 Å². The molecule has 8 atom stereocenters. The minimum absolute atomic E-state index is 0.00813. The molecular formula is C23H43N3O3. The summed E-state index contributed by atoms with van der Waals surface area (Å²) in [7, 11) is 8.13. The van der Waals surface area contributed by atoms with E-state index in [1.54, 1.807) is 0 Å². The van der Waals surface area contributed by atoms with E-state index in [1.165, 1.54) is 0 Å². The molecule has 2 aliphatic carbocycles. The van der Waals surface area contributed by atoms with Crippen LogP contribution in [0.25, 0.3) is 0 Å². The molecule has 6 N–H and O–H groups in total. The summed E-state index contributed by atoms with van der Waals surface area (Å²) in [6, 6.07) is -0.00813. The molecule has 2 saturated carbocycles. The van der Waals surface area contributed by atoms with Crippen LogP contribution in [0.4, 0.5) is 0 Å². The van der Waals surface area contributed by atoms with Crippen molar-refractivity contribution >= 4 is 6.41 Å². The molecule has 3 rings (SSSR count). The molecule has 0 aromatic rings. The fraction of sp³-hybridized carbons (Fsp3) is 0.870. The van der Waals surface area contributed by atoms with Gasteiger partial charge in [-0.25, -0.2) is 0 Å². The Morgan fingerprint density at radius 1 is 1.10 bits per heavy atom. The van der Waals surface area contributed by atoms with Crippen LogP contribution < -0.4 is 16.0 Å². The van der Waals surface area contributed by atoms with Crippen LogP contribution in [0.3, 0.4) is 0 Å². The highest BCUT2D eigenvalue weighted by Gasteiger charge is 2.62. The average molecular weight is 410 g/mol. The van der Waals surface area contributed by atoms with E-state index in [4.69, 9.17) is 4.74 Å².